The quantitative estimate of drug-likeness (QED) is 0.489. The Morgan fingerprint density at radius 1 is 1.19 bits per heavy atom. The molecule has 6 heteroatoms. The van der Waals surface area contributed by atoms with E-state index in [1.54, 1.807) is 11.8 Å². The van der Waals surface area contributed by atoms with E-state index in [1.807, 2.05) is 25.1 Å². The Morgan fingerprint density at radius 3 is 2.74 bits per heavy atom. The predicted octanol–water partition coefficient (Wildman–Crippen LogP) is 4.39. The SMILES string of the molecule is C=C(C)OCc1nnc2n1-c1ccc(SC)cc1C(c1ccccc1)=NC2. The van der Waals surface area contributed by atoms with Crippen LogP contribution >= 0.6 is 11.8 Å². The molecule has 2 heterocycles. The lowest BCUT2D eigenvalue weighted by Gasteiger charge is -2.15. The number of nitrogens with zero attached hydrogens (tertiary/aromatic N) is 4. The molecule has 1 aromatic heterocycles. The molecule has 0 saturated heterocycles. The first-order chi connectivity index (χ1) is 13.2. The molecule has 3 aromatic rings. The van der Waals surface area contributed by atoms with Gasteiger partial charge in [-0.25, -0.2) is 0 Å². The summed E-state index contributed by atoms with van der Waals surface area (Å²) in [6.45, 7) is 6.42. The molecule has 0 radical (unpaired) electrons. The van der Waals surface area contributed by atoms with Crippen LogP contribution in [-0.2, 0) is 17.9 Å². The Labute approximate surface area is 162 Å². The minimum atomic E-state index is 0.326. The van der Waals surface area contributed by atoms with Crippen molar-refractivity contribution in [1.29, 1.82) is 0 Å². The molecule has 1 aliphatic rings. The fourth-order valence-corrected chi connectivity index (χ4v) is 3.56. The number of fused-ring (bicyclic) bond motifs is 3. The minimum Gasteiger partial charge on any atom is -0.491 e. The largest absolute Gasteiger partial charge is 0.491 e. The highest BCUT2D eigenvalue weighted by Crippen LogP contribution is 2.29. The van der Waals surface area contributed by atoms with E-state index < -0.39 is 0 Å². The highest BCUT2D eigenvalue weighted by molar-refractivity contribution is 7.98. The van der Waals surface area contributed by atoms with Crippen molar-refractivity contribution in [1.82, 2.24) is 14.8 Å². The molecular weight excluding hydrogens is 356 g/mol. The average Bonchev–Trinajstić information content (AvgIpc) is 3.02. The molecule has 0 atom stereocenters. The van der Waals surface area contributed by atoms with Gasteiger partial charge < -0.3 is 4.74 Å². The Morgan fingerprint density at radius 2 is 2.00 bits per heavy atom. The van der Waals surface area contributed by atoms with Crippen LogP contribution in [0.3, 0.4) is 0 Å². The molecule has 2 aromatic carbocycles. The second-order valence-corrected chi connectivity index (χ2v) is 7.15. The number of aliphatic imine (C=N–C) groups is 1. The Bertz CT molecular complexity index is 1020. The molecule has 0 bridgehead atoms. The Hall–Kier alpha value is -2.86. The maximum atomic E-state index is 5.61. The van der Waals surface area contributed by atoms with Crippen LogP contribution in [0.5, 0.6) is 0 Å². The third kappa shape index (κ3) is 3.40. The van der Waals surface area contributed by atoms with Crippen LogP contribution in [0.4, 0.5) is 0 Å². The zero-order valence-corrected chi connectivity index (χ0v) is 16.2. The van der Waals surface area contributed by atoms with Gasteiger partial charge in [-0.3, -0.25) is 9.56 Å². The van der Waals surface area contributed by atoms with E-state index in [1.165, 1.54) is 4.90 Å². The van der Waals surface area contributed by atoms with Gasteiger partial charge in [0.1, 0.15) is 13.2 Å². The number of thioether (sulfide) groups is 1. The third-order valence-electron chi connectivity index (χ3n) is 4.37. The van der Waals surface area contributed by atoms with Crippen LogP contribution in [-0.4, -0.2) is 26.7 Å². The van der Waals surface area contributed by atoms with Gasteiger partial charge in [-0.1, -0.05) is 36.9 Å². The van der Waals surface area contributed by atoms with Gasteiger partial charge in [0.15, 0.2) is 11.6 Å². The van der Waals surface area contributed by atoms with Gasteiger partial charge in [0.2, 0.25) is 0 Å². The lowest BCUT2D eigenvalue weighted by molar-refractivity contribution is 0.193. The van der Waals surface area contributed by atoms with E-state index in [9.17, 15) is 0 Å². The standard InChI is InChI=1S/C21H20N4OS/c1-14(2)26-13-20-24-23-19-12-22-21(15-7-5-4-6-8-15)17-11-16(27-3)9-10-18(17)25(19)20/h4-11H,1,12-13H2,2-3H3. The number of aromatic nitrogens is 3. The van der Waals surface area contributed by atoms with E-state index >= 15 is 0 Å². The number of benzene rings is 2. The molecule has 0 amide bonds. The summed E-state index contributed by atoms with van der Waals surface area (Å²) in [7, 11) is 0. The van der Waals surface area contributed by atoms with Crippen molar-refractivity contribution in [2.75, 3.05) is 6.26 Å². The van der Waals surface area contributed by atoms with E-state index in [0.29, 0.717) is 18.9 Å². The lowest BCUT2D eigenvalue weighted by atomic mass is 10.0. The number of rotatable bonds is 5. The number of allylic oxidation sites excluding steroid dienone is 1. The van der Waals surface area contributed by atoms with Gasteiger partial charge in [0, 0.05) is 16.0 Å². The highest BCUT2D eigenvalue weighted by Gasteiger charge is 2.23. The normalized spacial score (nSPS) is 12.6. The van der Waals surface area contributed by atoms with Crippen molar-refractivity contribution in [2.45, 2.75) is 25.0 Å². The zero-order chi connectivity index (χ0) is 18.8. The lowest BCUT2D eigenvalue weighted by Crippen LogP contribution is -2.10. The molecule has 136 valence electrons. The second-order valence-electron chi connectivity index (χ2n) is 6.27. The fourth-order valence-electron chi connectivity index (χ4n) is 3.12. The molecule has 0 unspecified atom stereocenters. The van der Waals surface area contributed by atoms with Crippen molar-refractivity contribution in [3.8, 4) is 5.69 Å². The summed E-state index contributed by atoms with van der Waals surface area (Å²) in [5.74, 6) is 2.20. The van der Waals surface area contributed by atoms with Gasteiger partial charge in [-0.15, -0.1) is 22.0 Å². The molecule has 0 fully saturated rings. The Balaban J connectivity index is 1.89. The molecular formula is C21H20N4OS. The first kappa shape index (κ1) is 17.5. The minimum absolute atomic E-state index is 0.326. The van der Waals surface area contributed by atoms with Crippen molar-refractivity contribution in [3.63, 3.8) is 0 Å². The summed E-state index contributed by atoms with van der Waals surface area (Å²) in [5, 5.41) is 8.68. The van der Waals surface area contributed by atoms with Gasteiger partial charge in [-0.2, -0.15) is 0 Å². The summed E-state index contributed by atoms with van der Waals surface area (Å²) in [4.78, 5) is 6.07. The monoisotopic (exact) mass is 376 g/mol. The average molecular weight is 376 g/mol. The van der Waals surface area contributed by atoms with Crippen molar-refractivity contribution < 1.29 is 4.74 Å². The van der Waals surface area contributed by atoms with Crippen LogP contribution in [0.25, 0.3) is 5.69 Å². The van der Waals surface area contributed by atoms with E-state index in [-0.39, 0.29) is 0 Å². The van der Waals surface area contributed by atoms with E-state index in [0.717, 1.165) is 34.2 Å². The van der Waals surface area contributed by atoms with Crippen LogP contribution in [0.2, 0.25) is 0 Å². The molecule has 0 aliphatic carbocycles. The van der Waals surface area contributed by atoms with Gasteiger partial charge >= 0.3 is 0 Å². The summed E-state index contributed by atoms with van der Waals surface area (Å²) >= 11 is 1.72. The van der Waals surface area contributed by atoms with Gasteiger partial charge in [-0.05, 0) is 31.4 Å². The van der Waals surface area contributed by atoms with Crippen LogP contribution < -0.4 is 0 Å². The molecule has 4 rings (SSSR count). The molecule has 5 nitrogen and oxygen atoms in total. The van der Waals surface area contributed by atoms with Crippen molar-refractivity contribution >= 4 is 17.5 Å². The van der Waals surface area contributed by atoms with Crippen molar-refractivity contribution in [3.05, 3.63) is 83.6 Å². The molecule has 27 heavy (non-hydrogen) atoms. The van der Waals surface area contributed by atoms with Crippen LogP contribution in [0.1, 0.15) is 29.7 Å². The smallest absolute Gasteiger partial charge is 0.175 e. The number of ether oxygens (including phenoxy) is 1. The second kappa shape index (κ2) is 7.40. The number of hydrogen-bond donors (Lipinski definition) is 0. The molecule has 1 aliphatic heterocycles. The van der Waals surface area contributed by atoms with Crippen molar-refractivity contribution in [2.24, 2.45) is 4.99 Å². The van der Waals surface area contributed by atoms with E-state index in [2.05, 4.69) is 57.9 Å². The highest BCUT2D eigenvalue weighted by atomic mass is 32.2. The topological polar surface area (TPSA) is 52.3 Å². The maximum absolute atomic E-state index is 5.61. The summed E-state index contributed by atoms with van der Waals surface area (Å²) in [5.41, 5.74) is 4.16. The maximum Gasteiger partial charge on any atom is 0.175 e. The van der Waals surface area contributed by atoms with E-state index in [4.69, 9.17) is 9.73 Å². The Kier molecular flexibility index (Phi) is 4.81. The first-order valence-corrected chi connectivity index (χ1v) is 9.90. The molecule has 0 saturated carbocycles. The van der Waals surface area contributed by atoms with Gasteiger partial charge in [0.25, 0.3) is 0 Å². The first-order valence-electron chi connectivity index (χ1n) is 8.67. The third-order valence-corrected chi connectivity index (χ3v) is 5.10. The van der Waals surface area contributed by atoms with Gasteiger partial charge in [0.05, 0.1) is 17.2 Å². The molecule has 0 N–H and O–H groups in total. The number of hydrogen-bond acceptors (Lipinski definition) is 5. The summed E-state index contributed by atoms with van der Waals surface area (Å²) in [6.07, 6.45) is 2.08. The summed E-state index contributed by atoms with van der Waals surface area (Å²) < 4.78 is 7.66. The fraction of sp³-hybridized carbons (Fsp3) is 0.190. The predicted molar refractivity (Wildman–Crippen MR) is 109 cm³/mol. The molecule has 0 spiro atoms. The van der Waals surface area contributed by atoms with Crippen LogP contribution in [0.15, 0.2) is 70.8 Å². The zero-order valence-electron chi connectivity index (χ0n) is 15.3. The van der Waals surface area contributed by atoms with Crippen LogP contribution in [0, 0.1) is 0 Å². The summed E-state index contributed by atoms with van der Waals surface area (Å²) in [6, 6.07) is 16.7.